The Balaban J connectivity index is 1.51. The molecule has 2 atom stereocenters. The highest BCUT2D eigenvalue weighted by molar-refractivity contribution is 5.96. The van der Waals surface area contributed by atoms with Gasteiger partial charge in [0, 0.05) is 38.4 Å². The predicted octanol–water partition coefficient (Wildman–Crippen LogP) is 2.57. The van der Waals surface area contributed by atoms with Gasteiger partial charge in [0.05, 0.1) is 12.1 Å². The maximum Gasteiger partial charge on any atom is 0.290 e. The van der Waals surface area contributed by atoms with Crippen LogP contribution in [0.5, 0.6) is 0 Å². The van der Waals surface area contributed by atoms with Crippen LogP contribution in [0.3, 0.4) is 0 Å². The van der Waals surface area contributed by atoms with E-state index >= 15 is 0 Å². The Kier molecular flexibility index (Phi) is 3.56. The number of ether oxygens (including phenoxy) is 1. The molecular weight excluding hydrogens is 332 g/mol. The maximum atomic E-state index is 13.2. The Morgan fingerprint density at radius 3 is 3.04 bits per heavy atom. The Hall–Kier alpha value is -2.67. The number of rotatable bonds is 3. The molecule has 3 aromatic rings. The van der Waals surface area contributed by atoms with Gasteiger partial charge in [0.2, 0.25) is 0 Å². The zero-order chi connectivity index (χ0) is 17.7. The second kappa shape index (κ2) is 5.95. The summed E-state index contributed by atoms with van der Waals surface area (Å²) in [6.07, 6.45) is 2.74. The van der Waals surface area contributed by atoms with Crippen LogP contribution in [0.4, 0.5) is 0 Å². The van der Waals surface area contributed by atoms with E-state index in [2.05, 4.69) is 14.8 Å². The first-order chi connectivity index (χ1) is 12.7. The summed E-state index contributed by atoms with van der Waals surface area (Å²) in [4.78, 5) is 15.0. The Bertz CT molecular complexity index is 943. The van der Waals surface area contributed by atoms with E-state index in [4.69, 9.17) is 9.15 Å². The molecule has 0 unspecified atom stereocenters. The molecule has 7 nitrogen and oxygen atoms in total. The predicted molar refractivity (Wildman–Crippen MR) is 93.7 cm³/mol. The maximum absolute atomic E-state index is 13.2. The zero-order valence-electron chi connectivity index (χ0n) is 14.6. The van der Waals surface area contributed by atoms with Crippen molar-refractivity contribution in [2.45, 2.75) is 38.0 Å². The smallest absolute Gasteiger partial charge is 0.290 e. The van der Waals surface area contributed by atoms with Crippen LogP contribution in [0.1, 0.15) is 41.1 Å². The lowest BCUT2D eigenvalue weighted by Crippen LogP contribution is -2.33. The summed E-state index contributed by atoms with van der Waals surface area (Å²) in [5.41, 5.74) is 0.721. The van der Waals surface area contributed by atoms with E-state index in [1.165, 1.54) is 0 Å². The lowest BCUT2D eigenvalue weighted by atomic mass is 10.2. The molecule has 2 aliphatic heterocycles. The molecule has 26 heavy (non-hydrogen) atoms. The van der Waals surface area contributed by atoms with Gasteiger partial charge in [0.25, 0.3) is 5.91 Å². The number of carbonyl (C=O) groups excluding carboxylic acids is 1. The fourth-order valence-corrected chi connectivity index (χ4v) is 4.09. The van der Waals surface area contributed by atoms with Crippen LogP contribution >= 0.6 is 0 Å². The molecular formula is C19H20N4O3. The number of methoxy groups -OCH3 is 1. The minimum atomic E-state index is -0.139. The average Bonchev–Trinajstić information content (AvgIpc) is 3.41. The second-order valence-corrected chi connectivity index (χ2v) is 6.94. The van der Waals surface area contributed by atoms with Gasteiger partial charge in [-0.2, -0.15) is 0 Å². The number of hydrogen-bond acceptors (Lipinski definition) is 5. The fraction of sp³-hybridized carbons (Fsp3) is 0.421. The summed E-state index contributed by atoms with van der Waals surface area (Å²) in [7, 11) is 1.69. The highest BCUT2D eigenvalue weighted by Crippen LogP contribution is 2.35. The molecule has 0 N–H and O–H groups in total. The Morgan fingerprint density at radius 2 is 2.19 bits per heavy atom. The first-order valence-electron chi connectivity index (χ1n) is 8.99. The number of benzene rings is 1. The molecule has 1 saturated heterocycles. The number of likely N-dealkylation sites (tertiary alicyclic amines) is 1. The first-order valence-corrected chi connectivity index (χ1v) is 8.99. The van der Waals surface area contributed by atoms with Crippen molar-refractivity contribution in [1.29, 1.82) is 0 Å². The van der Waals surface area contributed by atoms with Crippen molar-refractivity contribution in [2.75, 3.05) is 13.7 Å². The number of aromatic nitrogens is 3. The number of para-hydroxylation sites is 1. The van der Waals surface area contributed by atoms with Crippen LogP contribution in [0, 0.1) is 0 Å². The van der Waals surface area contributed by atoms with E-state index in [0.717, 1.165) is 48.4 Å². The van der Waals surface area contributed by atoms with E-state index in [9.17, 15) is 4.79 Å². The molecule has 0 bridgehead atoms. The van der Waals surface area contributed by atoms with Crippen LogP contribution in [-0.2, 0) is 17.7 Å². The molecule has 5 rings (SSSR count). The molecule has 4 heterocycles. The van der Waals surface area contributed by atoms with Crippen molar-refractivity contribution in [3.8, 4) is 0 Å². The largest absolute Gasteiger partial charge is 0.451 e. The third kappa shape index (κ3) is 2.34. The minimum Gasteiger partial charge on any atom is -0.451 e. The lowest BCUT2D eigenvalue weighted by molar-refractivity contribution is 0.0654. The van der Waals surface area contributed by atoms with E-state index in [-0.39, 0.29) is 18.1 Å². The van der Waals surface area contributed by atoms with Gasteiger partial charge in [-0.1, -0.05) is 18.2 Å². The monoisotopic (exact) mass is 352 g/mol. The van der Waals surface area contributed by atoms with E-state index in [0.29, 0.717) is 12.3 Å². The van der Waals surface area contributed by atoms with Crippen molar-refractivity contribution in [3.05, 3.63) is 47.7 Å². The van der Waals surface area contributed by atoms with Crippen molar-refractivity contribution in [2.24, 2.45) is 0 Å². The van der Waals surface area contributed by atoms with Gasteiger partial charge in [-0.25, -0.2) is 0 Å². The molecule has 0 saturated carbocycles. The summed E-state index contributed by atoms with van der Waals surface area (Å²) < 4.78 is 13.5. The van der Waals surface area contributed by atoms with Crippen molar-refractivity contribution < 1.29 is 13.9 Å². The number of furan rings is 1. The molecule has 0 radical (unpaired) electrons. The molecule has 0 aliphatic carbocycles. The zero-order valence-corrected chi connectivity index (χ0v) is 14.6. The highest BCUT2D eigenvalue weighted by atomic mass is 16.5. The standard InChI is InChI=1S/C19H20N4O3/c1-25-13-10-14(18-21-20-17-7-4-8-22(17)18)23(11-13)19(24)16-9-12-5-2-3-6-15(12)26-16/h2-3,5-6,9,13-14H,4,7-8,10-11H2,1H3/t13-,14+/m1/s1. The van der Waals surface area contributed by atoms with Gasteiger partial charge >= 0.3 is 0 Å². The van der Waals surface area contributed by atoms with Crippen molar-refractivity contribution in [3.63, 3.8) is 0 Å². The first kappa shape index (κ1) is 15.6. The number of hydrogen-bond donors (Lipinski definition) is 0. The summed E-state index contributed by atoms with van der Waals surface area (Å²) >= 11 is 0. The number of fused-ring (bicyclic) bond motifs is 2. The SMILES string of the molecule is CO[C@@H]1C[C@@H](c2nnc3n2CCC3)N(C(=O)c2cc3ccccc3o2)C1. The molecule has 1 amide bonds. The van der Waals surface area contributed by atoms with Gasteiger partial charge < -0.3 is 18.6 Å². The quantitative estimate of drug-likeness (QED) is 0.724. The number of aryl methyl sites for hydroxylation is 1. The van der Waals surface area contributed by atoms with E-state index in [1.54, 1.807) is 7.11 Å². The molecule has 1 fully saturated rings. The molecule has 1 aromatic carbocycles. The minimum absolute atomic E-state index is 0.0114. The topological polar surface area (TPSA) is 73.4 Å². The van der Waals surface area contributed by atoms with Crippen molar-refractivity contribution in [1.82, 2.24) is 19.7 Å². The van der Waals surface area contributed by atoms with Gasteiger partial charge in [-0.05, 0) is 18.6 Å². The summed E-state index contributed by atoms with van der Waals surface area (Å²) in [5, 5.41) is 9.62. The Labute approximate surface area is 150 Å². The summed E-state index contributed by atoms with van der Waals surface area (Å²) in [6, 6.07) is 9.32. The van der Waals surface area contributed by atoms with Crippen LogP contribution < -0.4 is 0 Å². The van der Waals surface area contributed by atoms with Crippen molar-refractivity contribution >= 4 is 16.9 Å². The third-order valence-electron chi connectivity index (χ3n) is 5.43. The van der Waals surface area contributed by atoms with Crippen LogP contribution in [0.2, 0.25) is 0 Å². The third-order valence-corrected chi connectivity index (χ3v) is 5.43. The van der Waals surface area contributed by atoms with Crippen LogP contribution in [-0.4, -0.2) is 45.3 Å². The molecule has 0 spiro atoms. The lowest BCUT2D eigenvalue weighted by Gasteiger charge is -2.22. The van der Waals surface area contributed by atoms with E-state index in [1.807, 2.05) is 35.2 Å². The number of nitrogens with zero attached hydrogens (tertiary/aromatic N) is 4. The van der Waals surface area contributed by atoms with Crippen LogP contribution in [0.25, 0.3) is 11.0 Å². The van der Waals surface area contributed by atoms with Gasteiger partial charge in [0.15, 0.2) is 11.6 Å². The summed E-state index contributed by atoms with van der Waals surface area (Å²) in [6.45, 7) is 1.44. The molecule has 134 valence electrons. The van der Waals surface area contributed by atoms with Gasteiger partial charge in [-0.3, -0.25) is 4.79 Å². The highest BCUT2D eigenvalue weighted by Gasteiger charge is 2.41. The second-order valence-electron chi connectivity index (χ2n) is 6.94. The number of carbonyl (C=O) groups is 1. The molecule has 2 aromatic heterocycles. The average molecular weight is 352 g/mol. The normalized spacial score (nSPS) is 22.3. The van der Waals surface area contributed by atoms with Crippen LogP contribution in [0.15, 0.2) is 34.7 Å². The molecule has 2 aliphatic rings. The summed E-state index contributed by atoms with van der Waals surface area (Å²) in [5.74, 6) is 2.11. The van der Waals surface area contributed by atoms with Gasteiger partial charge in [0.1, 0.15) is 11.4 Å². The number of amides is 1. The van der Waals surface area contributed by atoms with E-state index < -0.39 is 0 Å². The Morgan fingerprint density at radius 1 is 1.31 bits per heavy atom. The fourth-order valence-electron chi connectivity index (χ4n) is 4.09. The molecule has 7 heteroatoms. The van der Waals surface area contributed by atoms with Gasteiger partial charge in [-0.15, -0.1) is 10.2 Å².